The number of nitrogens with zero attached hydrogens (tertiary/aromatic N) is 4. The molecule has 7 aromatic carbocycles. The van der Waals surface area contributed by atoms with E-state index in [1.165, 1.54) is 16.3 Å². The molecule has 49 heavy (non-hydrogen) atoms. The van der Waals surface area contributed by atoms with Gasteiger partial charge >= 0.3 is 0 Å². The van der Waals surface area contributed by atoms with E-state index in [1.54, 1.807) is 0 Å². The van der Waals surface area contributed by atoms with Crippen LogP contribution in [-0.4, -0.2) is 19.1 Å². The lowest BCUT2D eigenvalue weighted by Crippen LogP contribution is -2.03. The highest BCUT2D eigenvalue weighted by molar-refractivity contribution is 6.23. The van der Waals surface area contributed by atoms with Gasteiger partial charge in [0.1, 0.15) is 11.2 Å². The summed E-state index contributed by atoms with van der Waals surface area (Å²) in [7, 11) is 0. The number of furan rings is 1. The molecule has 0 aliphatic carbocycles. The van der Waals surface area contributed by atoms with Crippen molar-refractivity contribution in [3.63, 3.8) is 0 Å². The summed E-state index contributed by atoms with van der Waals surface area (Å²) >= 11 is 0. The molecule has 5 nitrogen and oxygen atoms in total. The standard InChI is InChI=1S/C44H26N4O/c1-2-12-28(13-3-1)47-36-19-9-5-14-29(36)34-26-27(22-24-38(34)47)42-32-16-4-8-18-35(32)45-44(46-42)48-37-20-10-6-17-33(37)41-39(48)25-23-31-30-15-7-11-21-40(30)49-43(31)41/h1-26H. The van der Waals surface area contributed by atoms with Crippen molar-refractivity contribution in [1.29, 1.82) is 0 Å². The third-order valence-electron chi connectivity index (χ3n) is 9.93. The first-order valence-electron chi connectivity index (χ1n) is 16.5. The van der Waals surface area contributed by atoms with Gasteiger partial charge in [0.25, 0.3) is 0 Å². The molecule has 0 amide bonds. The van der Waals surface area contributed by atoms with Crippen LogP contribution in [0.25, 0.3) is 99.3 Å². The fourth-order valence-electron chi connectivity index (χ4n) is 7.81. The van der Waals surface area contributed by atoms with Gasteiger partial charge in [0, 0.05) is 43.6 Å². The highest BCUT2D eigenvalue weighted by Crippen LogP contribution is 2.41. The van der Waals surface area contributed by atoms with Crippen LogP contribution in [0.3, 0.4) is 0 Å². The van der Waals surface area contributed by atoms with Crippen LogP contribution in [0.5, 0.6) is 0 Å². The van der Waals surface area contributed by atoms with Gasteiger partial charge in [-0.3, -0.25) is 4.57 Å². The monoisotopic (exact) mass is 626 g/mol. The molecule has 0 radical (unpaired) electrons. The van der Waals surface area contributed by atoms with Crippen LogP contribution in [0.15, 0.2) is 162 Å². The molecule has 11 aromatic rings. The van der Waals surface area contributed by atoms with E-state index in [4.69, 9.17) is 14.4 Å². The van der Waals surface area contributed by atoms with Crippen molar-refractivity contribution in [2.75, 3.05) is 0 Å². The summed E-state index contributed by atoms with van der Waals surface area (Å²) in [6.45, 7) is 0. The minimum atomic E-state index is 0.627. The first-order valence-corrected chi connectivity index (χ1v) is 16.5. The van der Waals surface area contributed by atoms with E-state index in [2.05, 4.69) is 149 Å². The maximum Gasteiger partial charge on any atom is 0.235 e. The first-order chi connectivity index (χ1) is 24.3. The van der Waals surface area contributed by atoms with Gasteiger partial charge in [-0.1, -0.05) is 97.1 Å². The zero-order valence-corrected chi connectivity index (χ0v) is 26.2. The quantitative estimate of drug-likeness (QED) is 0.196. The van der Waals surface area contributed by atoms with Crippen LogP contribution >= 0.6 is 0 Å². The van der Waals surface area contributed by atoms with E-state index in [9.17, 15) is 0 Å². The SMILES string of the molecule is c1ccc(-n2c3ccccc3c3cc(-c4nc(-n5c6ccccc6c6c7oc8ccccc8c7ccc65)nc5ccccc45)ccc32)cc1. The fraction of sp³-hybridized carbons (Fsp3) is 0. The second-order valence-electron chi connectivity index (χ2n) is 12.6. The maximum absolute atomic E-state index is 6.54. The highest BCUT2D eigenvalue weighted by Gasteiger charge is 2.21. The van der Waals surface area contributed by atoms with E-state index >= 15 is 0 Å². The number of aromatic nitrogens is 4. The molecule has 0 N–H and O–H groups in total. The zero-order chi connectivity index (χ0) is 32.1. The summed E-state index contributed by atoms with van der Waals surface area (Å²) in [5.74, 6) is 0.627. The first kappa shape index (κ1) is 26.4. The molecule has 0 bridgehead atoms. The van der Waals surface area contributed by atoms with Crippen molar-refractivity contribution in [1.82, 2.24) is 19.1 Å². The summed E-state index contributed by atoms with van der Waals surface area (Å²) in [5.41, 5.74) is 10.1. The largest absolute Gasteiger partial charge is 0.455 e. The predicted octanol–water partition coefficient (Wildman–Crippen LogP) is 11.4. The van der Waals surface area contributed by atoms with Crippen molar-refractivity contribution in [2.24, 2.45) is 0 Å². The summed E-state index contributed by atoms with van der Waals surface area (Å²) < 4.78 is 11.1. The lowest BCUT2D eigenvalue weighted by molar-refractivity contribution is 0.673. The number of rotatable bonds is 3. The Kier molecular flexibility index (Phi) is 5.32. The third-order valence-corrected chi connectivity index (χ3v) is 9.93. The molecule has 0 aliphatic rings. The van der Waals surface area contributed by atoms with Gasteiger partial charge in [-0.2, -0.15) is 0 Å². The zero-order valence-electron chi connectivity index (χ0n) is 26.2. The Morgan fingerprint density at radius 1 is 0.429 bits per heavy atom. The van der Waals surface area contributed by atoms with E-state index in [0.29, 0.717) is 5.95 Å². The van der Waals surface area contributed by atoms with Crippen LogP contribution < -0.4 is 0 Å². The molecule has 0 atom stereocenters. The lowest BCUT2D eigenvalue weighted by atomic mass is 10.0. The Bertz CT molecular complexity index is 3110. The summed E-state index contributed by atoms with van der Waals surface area (Å²) in [5, 5.41) is 7.80. The molecule has 5 heteroatoms. The summed E-state index contributed by atoms with van der Waals surface area (Å²) in [6, 6.07) is 55.3. The molecule has 0 saturated heterocycles. The molecular weight excluding hydrogens is 601 g/mol. The Labute approximate surface area is 279 Å². The Balaban J connectivity index is 1.20. The van der Waals surface area contributed by atoms with Gasteiger partial charge in [-0.25, -0.2) is 9.97 Å². The molecule has 0 spiro atoms. The molecule has 11 rings (SSSR count). The van der Waals surface area contributed by atoms with Gasteiger partial charge in [0.15, 0.2) is 0 Å². The Hall–Kier alpha value is -6.72. The van der Waals surface area contributed by atoms with Gasteiger partial charge in [-0.15, -0.1) is 0 Å². The van der Waals surface area contributed by atoms with Crippen LogP contribution in [0.1, 0.15) is 0 Å². The van der Waals surface area contributed by atoms with Gasteiger partial charge in [0.2, 0.25) is 5.95 Å². The smallest absolute Gasteiger partial charge is 0.235 e. The molecule has 0 unspecified atom stereocenters. The van der Waals surface area contributed by atoms with Crippen molar-refractivity contribution < 1.29 is 4.42 Å². The van der Waals surface area contributed by atoms with Crippen molar-refractivity contribution in [3.8, 4) is 22.9 Å². The number of fused-ring (bicyclic) bond motifs is 11. The van der Waals surface area contributed by atoms with Crippen LogP contribution in [-0.2, 0) is 0 Å². The number of benzene rings is 7. The van der Waals surface area contributed by atoms with Crippen molar-refractivity contribution in [2.45, 2.75) is 0 Å². The van der Waals surface area contributed by atoms with E-state index in [0.717, 1.165) is 77.1 Å². The molecule has 0 aliphatic heterocycles. The van der Waals surface area contributed by atoms with Gasteiger partial charge in [0.05, 0.1) is 38.7 Å². The summed E-state index contributed by atoms with van der Waals surface area (Å²) in [4.78, 5) is 10.6. The van der Waals surface area contributed by atoms with E-state index in [-0.39, 0.29) is 0 Å². The molecule has 4 aromatic heterocycles. The van der Waals surface area contributed by atoms with E-state index in [1.807, 2.05) is 18.2 Å². The highest BCUT2D eigenvalue weighted by atomic mass is 16.3. The predicted molar refractivity (Wildman–Crippen MR) is 201 cm³/mol. The van der Waals surface area contributed by atoms with E-state index < -0.39 is 0 Å². The van der Waals surface area contributed by atoms with Crippen LogP contribution in [0, 0.1) is 0 Å². The van der Waals surface area contributed by atoms with Crippen molar-refractivity contribution >= 4 is 76.5 Å². The van der Waals surface area contributed by atoms with Crippen LogP contribution in [0.2, 0.25) is 0 Å². The normalized spacial score (nSPS) is 12.1. The second kappa shape index (κ2) is 9.89. The minimum Gasteiger partial charge on any atom is -0.455 e. The van der Waals surface area contributed by atoms with Crippen LogP contribution in [0.4, 0.5) is 0 Å². The maximum atomic E-state index is 6.54. The van der Waals surface area contributed by atoms with Gasteiger partial charge < -0.3 is 8.98 Å². The molecular formula is C44H26N4O. The lowest BCUT2D eigenvalue weighted by Gasteiger charge is -2.12. The molecule has 228 valence electrons. The van der Waals surface area contributed by atoms with Crippen molar-refractivity contribution in [3.05, 3.63) is 158 Å². The molecule has 0 saturated carbocycles. The molecule has 4 heterocycles. The number of para-hydroxylation sites is 5. The average molecular weight is 627 g/mol. The third kappa shape index (κ3) is 3.70. The fourth-order valence-corrected chi connectivity index (χ4v) is 7.81. The molecule has 0 fully saturated rings. The van der Waals surface area contributed by atoms with Gasteiger partial charge in [-0.05, 0) is 60.7 Å². The summed E-state index contributed by atoms with van der Waals surface area (Å²) in [6.07, 6.45) is 0. The Morgan fingerprint density at radius 2 is 1.08 bits per heavy atom. The second-order valence-corrected chi connectivity index (χ2v) is 12.6. The minimum absolute atomic E-state index is 0.627. The Morgan fingerprint density at radius 3 is 1.94 bits per heavy atom. The number of hydrogen-bond acceptors (Lipinski definition) is 3. The topological polar surface area (TPSA) is 48.8 Å². The average Bonchev–Trinajstić information content (AvgIpc) is 3.82. The number of hydrogen-bond donors (Lipinski definition) is 0.